The van der Waals surface area contributed by atoms with Crippen molar-refractivity contribution < 1.29 is 14.3 Å². The zero-order chi connectivity index (χ0) is 22.7. The summed E-state index contributed by atoms with van der Waals surface area (Å²) in [4.78, 5) is 12.2. The van der Waals surface area contributed by atoms with Gasteiger partial charge in [-0.1, -0.05) is 26.2 Å². The van der Waals surface area contributed by atoms with Crippen LogP contribution in [0.1, 0.15) is 76.7 Å². The molecule has 1 heterocycles. The molecule has 4 rings (SSSR count). The highest BCUT2D eigenvalue weighted by Crippen LogP contribution is 2.52. The third kappa shape index (κ3) is 5.07. The summed E-state index contributed by atoms with van der Waals surface area (Å²) in [6.45, 7) is 3.16. The van der Waals surface area contributed by atoms with E-state index in [9.17, 15) is 4.79 Å². The minimum absolute atomic E-state index is 0.113. The van der Waals surface area contributed by atoms with E-state index in [-0.39, 0.29) is 18.0 Å². The number of hydrogen-bond donors (Lipinski definition) is 3. The number of nitrogen functional groups attached to an aromatic ring is 1. The van der Waals surface area contributed by atoms with Gasteiger partial charge in [0.05, 0.1) is 12.8 Å². The van der Waals surface area contributed by atoms with E-state index in [0.29, 0.717) is 24.2 Å². The predicted molar refractivity (Wildman–Crippen MR) is 127 cm³/mol. The second-order valence-corrected chi connectivity index (χ2v) is 10.6. The first-order valence-corrected chi connectivity index (χ1v) is 12.6. The van der Waals surface area contributed by atoms with Crippen molar-refractivity contribution in [3.05, 3.63) is 23.8 Å². The molecule has 3 atom stereocenters. The van der Waals surface area contributed by atoms with Crippen LogP contribution >= 0.6 is 0 Å². The summed E-state index contributed by atoms with van der Waals surface area (Å²) in [5.74, 6) is 3.48. The predicted octanol–water partition coefficient (Wildman–Crippen LogP) is 4.10. The Morgan fingerprint density at radius 1 is 1.22 bits per heavy atom. The van der Waals surface area contributed by atoms with Gasteiger partial charge in [0, 0.05) is 23.1 Å². The lowest BCUT2D eigenvalue weighted by Gasteiger charge is -2.36. The summed E-state index contributed by atoms with van der Waals surface area (Å²) in [6, 6.07) is 6.11. The molecule has 0 spiro atoms. The summed E-state index contributed by atoms with van der Waals surface area (Å²) < 4.78 is 11.3. The molecular formula is C26H41N3O3. The number of carbonyl (C=O) groups excluding carboxylic acids is 1. The minimum atomic E-state index is -0.587. The lowest BCUT2D eigenvalue weighted by Crippen LogP contribution is -2.37. The van der Waals surface area contributed by atoms with E-state index >= 15 is 0 Å². The van der Waals surface area contributed by atoms with Gasteiger partial charge in [0.1, 0.15) is 12.4 Å². The van der Waals surface area contributed by atoms with Gasteiger partial charge in [0.2, 0.25) is 0 Å². The highest BCUT2D eigenvalue weighted by atomic mass is 16.5. The summed E-state index contributed by atoms with van der Waals surface area (Å²) >= 11 is 0. The molecule has 1 aromatic carbocycles. The Morgan fingerprint density at radius 3 is 2.66 bits per heavy atom. The van der Waals surface area contributed by atoms with Crippen LogP contribution < -0.4 is 21.9 Å². The maximum Gasteiger partial charge on any atom is 0.306 e. The number of anilines is 1. The molecule has 6 nitrogen and oxygen atoms in total. The van der Waals surface area contributed by atoms with Crippen LogP contribution in [0.4, 0.5) is 5.69 Å². The number of ether oxygens (including phenoxy) is 2. The van der Waals surface area contributed by atoms with E-state index < -0.39 is 6.17 Å². The van der Waals surface area contributed by atoms with Gasteiger partial charge in [0.25, 0.3) is 0 Å². The third-order valence-corrected chi connectivity index (χ3v) is 8.31. The Bertz CT molecular complexity index is 781. The van der Waals surface area contributed by atoms with Crippen molar-refractivity contribution in [1.82, 2.24) is 0 Å². The second kappa shape index (κ2) is 10.0. The van der Waals surface area contributed by atoms with E-state index in [4.69, 9.17) is 26.7 Å². The Morgan fingerprint density at radius 2 is 1.97 bits per heavy atom. The van der Waals surface area contributed by atoms with Crippen molar-refractivity contribution in [2.75, 3.05) is 18.9 Å². The number of carbonyl (C=O) groups is 1. The van der Waals surface area contributed by atoms with E-state index in [2.05, 4.69) is 13.0 Å². The van der Waals surface area contributed by atoms with Crippen molar-refractivity contribution in [2.45, 2.75) is 82.7 Å². The van der Waals surface area contributed by atoms with E-state index in [1.54, 1.807) is 0 Å². The van der Waals surface area contributed by atoms with Gasteiger partial charge in [-0.2, -0.15) is 0 Å². The Labute approximate surface area is 192 Å². The third-order valence-electron chi connectivity index (χ3n) is 8.31. The van der Waals surface area contributed by atoms with E-state index in [1.807, 2.05) is 12.1 Å². The molecule has 0 aromatic heterocycles. The Hall–Kier alpha value is -1.79. The van der Waals surface area contributed by atoms with Gasteiger partial charge >= 0.3 is 5.97 Å². The number of fused-ring (bicyclic) bond motifs is 3. The van der Waals surface area contributed by atoms with Gasteiger partial charge in [0.15, 0.2) is 0 Å². The molecule has 3 aliphatic rings. The molecule has 6 N–H and O–H groups in total. The van der Waals surface area contributed by atoms with Crippen molar-refractivity contribution >= 4 is 11.7 Å². The normalized spacial score (nSPS) is 30.9. The molecule has 2 saturated carbocycles. The SMILES string of the molecule is CCCC1(CCCC2CC3CCC(C2)C3CC(=O)OCC(N)N)COc2ccc(N)cc21. The van der Waals surface area contributed by atoms with Gasteiger partial charge in [-0.25, -0.2) is 0 Å². The fourth-order valence-electron chi connectivity index (χ4n) is 6.92. The maximum atomic E-state index is 12.2. The molecule has 2 bridgehead atoms. The molecule has 6 heteroatoms. The molecule has 1 aliphatic heterocycles. The van der Waals surface area contributed by atoms with Crippen LogP contribution in [-0.2, 0) is 14.9 Å². The second-order valence-electron chi connectivity index (χ2n) is 10.6. The Balaban J connectivity index is 1.30. The van der Waals surface area contributed by atoms with Crippen LogP contribution in [-0.4, -0.2) is 25.3 Å². The zero-order valence-electron chi connectivity index (χ0n) is 19.6. The first kappa shape index (κ1) is 23.4. The van der Waals surface area contributed by atoms with Gasteiger partial charge in [-0.15, -0.1) is 0 Å². The Kier molecular flexibility index (Phi) is 7.30. The number of benzene rings is 1. The van der Waals surface area contributed by atoms with Crippen LogP contribution in [0, 0.1) is 23.7 Å². The first-order valence-electron chi connectivity index (χ1n) is 12.6. The highest BCUT2D eigenvalue weighted by Gasteiger charge is 2.44. The molecule has 1 aromatic rings. The number of nitrogens with two attached hydrogens (primary N) is 3. The van der Waals surface area contributed by atoms with Crippen molar-refractivity contribution in [2.24, 2.45) is 35.1 Å². The number of hydrogen-bond acceptors (Lipinski definition) is 6. The molecule has 178 valence electrons. The lowest BCUT2D eigenvalue weighted by molar-refractivity contribution is -0.146. The quantitative estimate of drug-likeness (QED) is 0.285. The maximum absolute atomic E-state index is 12.2. The van der Waals surface area contributed by atoms with Crippen LogP contribution in [0.3, 0.4) is 0 Å². The average Bonchev–Trinajstić information content (AvgIpc) is 3.20. The van der Waals surface area contributed by atoms with Gasteiger partial charge in [-0.3, -0.25) is 4.79 Å². The smallest absolute Gasteiger partial charge is 0.306 e. The van der Waals surface area contributed by atoms with Gasteiger partial charge in [-0.05, 0) is 80.4 Å². The summed E-state index contributed by atoms with van der Waals surface area (Å²) in [6.07, 6.45) is 10.9. The highest BCUT2D eigenvalue weighted by molar-refractivity contribution is 5.69. The summed E-state index contributed by atoms with van der Waals surface area (Å²) in [7, 11) is 0. The van der Waals surface area contributed by atoms with Crippen molar-refractivity contribution in [3.63, 3.8) is 0 Å². The largest absolute Gasteiger partial charge is 0.492 e. The topological polar surface area (TPSA) is 114 Å². The van der Waals surface area contributed by atoms with Crippen LogP contribution in [0.5, 0.6) is 5.75 Å². The number of rotatable bonds is 10. The van der Waals surface area contributed by atoms with E-state index in [1.165, 1.54) is 44.1 Å². The average molecular weight is 444 g/mol. The van der Waals surface area contributed by atoms with Crippen LogP contribution in [0.2, 0.25) is 0 Å². The monoisotopic (exact) mass is 443 g/mol. The zero-order valence-corrected chi connectivity index (χ0v) is 19.6. The van der Waals surface area contributed by atoms with E-state index in [0.717, 1.165) is 43.2 Å². The summed E-state index contributed by atoms with van der Waals surface area (Å²) in [5, 5.41) is 0. The molecule has 3 unspecified atom stereocenters. The summed E-state index contributed by atoms with van der Waals surface area (Å²) in [5.41, 5.74) is 19.4. The van der Waals surface area contributed by atoms with Crippen molar-refractivity contribution in [3.8, 4) is 5.75 Å². The lowest BCUT2D eigenvalue weighted by atomic mass is 9.69. The van der Waals surface area contributed by atoms with Crippen molar-refractivity contribution in [1.29, 1.82) is 0 Å². The van der Waals surface area contributed by atoms with Crippen LogP contribution in [0.25, 0.3) is 0 Å². The molecule has 2 aliphatic carbocycles. The molecule has 0 amide bonds. The molecule has 2 fully saturated rings. The molecule has 0 saturated heterocycles. The number of esters is 1. The molecular weight excluding hydrogens is 402 g/mol. The first-order chi connectivity index (χ1) is 15.4. The standard InChI is InChI=1S/C26H41N3O3/c1-2-9-26(16-32-23-8-7-20(27)13-22(23)26)10-3-4-17-11-18-5-6-19(12-17)21(18)14-25(30)31-15-24(28)29/h7-8,13,17-19,21,24H,2-6,9-12,14-16,27-29H2,1H3. The molecule has 32 heavy (non-hydrogen) atoms. The molecule has 0 radical (unpaired) electrons. The fraction of sp³-hybridized carbons (Fsp3) is 0.731. The minimum Gasteiger partial charge on any atom is -0.492 e. The fourth-order valence-corrected chi connectivity index (χ4v) is 6.92. The van der Waals surface area contributed by atoms with Gasteiger partial charge < -0.3 is 26.7 Å². The van der Waals surface area contributed by atoms with Crippen LogP contribution in [0.15, 0.2) is 18.2 Å².